The fourth-order valence-electron chi connectivity index (χ4n) is 3.53. The minimum absolute atomic E-state index is 0.0231. The Bertz CT molecular complexity index is 997. The summed E-state index contributed by atoms with van der Waals surface area (Å²) in [7, 11) is 1.85. The molecule has 3 heterocycles. The van der Waals surface area contributed by atoms with E-state index in [1.807, 2.05) is 51.2 Å². The van der Waals surface area contributed by atoms with Crippen LogP contribution in [0.1, 0.15) is 26.6 Å². The average Bonchev–Trinajstić information content (AvgIpc) is 3.04. The van der Waals surface area contributed by atoms with E-state index in [1.165, 1.54) is 11.3 Å². The normalized spacial score (nSPS) is 14.5. The van der Waals surface area contributed by atoms with Gasteiger partial charge in [0.05, 0.1) is 23.5 Å². The molecular weight excluding hydrogens is 372 g/mol. The fraction of sp³-hybridized carbons (Fsp3) is 0.381. The molecule has 1 aromatic carbocycles. The lowest BCUT2D eigenvalue weighted by Crippen LogP contribution is -2.37. The van der Waals surface area contributed by atoms with Gasteiger partial charge in [-0.2, -0.15) is 0 Å². The summed E-state index contributed by atoms with van der Waals surface area (Å²) in [6.45, 7) is 7.48. The summed E-state index contributed by atoms with van der Waals surface area (Å²) in [5.74, 6) is 1.67. The molecule has 146 valence electrons. The third kappa shape index (κ3) is 3.59. The van der Waals surface area contributed by atoms with Crippen molar-refractivity contribution in [2.75, 3.05) is 38.3 Å². The summed E-state index contributed by atoms with van der Waals surface area (Å²) in [5.41, 5.74) is 2.08. The van der Waals surface area contributed by atoms with Crippen LogP contribution in [0.5, 0.6) is 0 Å². The Hall–Kier alpha value is -2.51. The highest BCUT2D eigenvalue weighted by Crippen LogP contribution is 2.36. The van der Waals surface area contributed by atoms with Crippen molar-refractivity contribution in [2.45, 2.75) is 20.4 Å². The summed E-state index contributed by atoms with van der Waals surface area (Å²) in [5, 5.41) is 0.994. The molecule has 3 aromatic rings. The van der Waals surface area contributed by atoms with E-state index in [9.17, 15) is 4.79 Å². The van der Waals surface area contributed by atoms with Gasteiger partial charge in [0, 0.05) is 26.7 Å². The first-order chi connectivity index (χ1) is 13.5. The molecule has 0 spiro atoms. The maximum absolute atomic E-state index is 13.2. The molecule has 28 heavy (non-hydrogen) atoms. The largest absolute Gasteiger partial charge is 0.378 e. The van der Waals surface area contributed by atoms with Gasteiger partial charge in [0.15, 0.2) is 0 Å². The van der Waals surface area contributed by atoms with Gasteiger partial charge in [-0.15, -0.1) is 11.3 Å². The van der Waals surface area contributed by atoms with Crippen molar-refractivity contribution in [1.82, 2.24) is 14.9 Å². The van der Waals surface area contributed by atoms with Gasteiger partial charge in [0.1, 0.15) is 16.5 Å². The second-order valence-corrected chi connectivity index (χ2v) is 8.08. The number of morpholine rings is 1. The van der Waals surface area contributed by atoms with Crippen LogP contribution in [0.4, 0.5) is 5.82 Å². The Morgan fingerprint density at radius 3 is 2.61 bits per heavy atom. The lowest BCUT2D eigenvalue weighted by molar-refractivity contribution is 0.0789. The Kier molecular flexibility index (Phi) is 5.28. The number of carbonyl (C=O) groups is 1. The van der Waals surface area contributed by atoms with E-state index >= 15 is 0 Å². The van der Waals surface area contributed by atoms with Crippen molar-refractivity contribution in [2.24, 2.45) is 0 Å². The second-order valence-electron chi connectivity index (χ2n) is 7.08. The third-order valence-electron chi connectivity index (χ3n) is 5.00. The minimum Gasteiger partial charge on any atom is -0.378 e. The zero-order chi connectivity index (χ0) is 19.7. The molecule has 1 aliphatic heterocycles. The van der Waals surface area contributed by atoms with Gasteiger partial charge < -0.3 is 14.5 Å². The lowest BCUT2D eigenvalue weighted by Gasteiger charge is -2.28. The number of ether oxygens (including phenoxy) is 1. The number of rotatable bonds is 4. The van der Waals surface area contributed by atoms with Crippen LogP contribution >= 0.6 is 11.3 Å². The van der Waals surface area contributed by atoms with E-state index in [4.69, 9.17) is 9.72 Å². The van der Waals surface area contributed by atoms with Gasteiger partial charge in [0.2, 0.25) is 0 Å². The lowest BCUT2D eigenvalue weighted by atomic mass is 10.1. The van der Waals surface area contributed by atoms with E-state index in [2.05, 4.69) is 9.88 Å². The number of aromatic nitrogens is 2. The van der Waals surface area contributed by atoms with Crippen LogP contribution in [0.15, 0.2) is 30.3 Å². The second kappa shape index (κ2) is 7.85. The molecule has 0 unspecified atom stereocenters. The first-order valence-electron chi connectivity index (χ1n) is 9.44. The van der Waals surface area contributed by atoms with Crippen LogP contribution in [-0.4, -0.2) is 54.1 Å². The van der Waals surface area contributed by atoms with Crippen molar-refractivity contribution < 1.29 is 9.53 Å². The molecule has 6 nitrogen and oxygen atoms in total. The maximum Gasteiger partial charge on any atom is 0.264 e. The number of thiophene rings is 1. The van der Waals surface area contributed by atoms with Crippen LogP contribution in [0.3, 0.4) is 0 Å². The Balaban J connectivity index is 1.70. The highest BCUT2D eigenvalue weighted by atomic mass is 32.1. The van der Waals surface area contributed by atoms with Crippen molar-refractivity contribution >= 4 is 33.3 Å². The number of hydrogen-bond donors (Lipinski definition) is 0. The minimum atomic E-state index is 0.0231. The first-order valence-corrected chi connectivity index (χ1v) is 10.3. The number of benzene rings is 1. The van der Waals surface area contributed by atoms with Crippen LogP contribution in [0, 0.1) is 13.8 Å². The van der Waals surface area contributed by atoms with Gasteiger partial charge >= 0.3 is 0 Å². The summed E-state index contributed by atoms with van der Waals surface area (Å²) >= 11 is 1.46. The fourth-order valence-corrected chi connectivity index (χ4v) is 4.75. The number of nitrogens with zero attached hydrogens (tertiary/aromatic N) is 4. The topological polar surface area (TPSA) is 58.6 Å². The summed E-state index contributed by atoms with van der Waals surface area (Å²) in [6.07, 6.45) is 0. The molecule has 0 aliphatic carbocycles. The first kappa shape index (κ1) is 18.8. The van der Waals surface area contributed by atoms with Gasteiger partial charge in [-0.3, -0.25) is 4.79 Å². The van der Waals surface area contributed by atoms with E-state index in [0.717, 1.165) is 51.0 Å². The Labute approximate surface area is 168 Å². The van der Waals surface area contributed by atoms with E-state index in [1.54, 1.807) is 4.90 Å². The number of anilines is 1. The number of carbonyl (C=O) groups excluding carboxylic acids is 1. The molecule has 1 fully saturated rings. The quantitative estimate of drug-likeness (QED) is 0.676. The molecule has 4 rings (SSSR count). The molecule has 0 atom stereocenters. The monoisotopic (exact) mass is 396 g/mol. The van der Waals surface area contributed by atoms with Crippen molar-refractivity contribution in [1.29, 1.82) is 0 Å². The number of fused-ring (bicyclic) bond motifs is 1. The van der Waals surface area contributed by atoms with Gasteiger partial charge in [0.25, 0.3) is 5.91 Å². The zero-order valence-corrected chi connectivity index (χ0v) is 17.3. The van der Waals surface area contributed by atoms with Crippen LogP contribution < -0.4 is 4.90 Å². The summed E-state index contributed by atoms with van der Waals surface area (Å²) in [4.78, 5) is 28.1. The van der Waals surface area contributed by atoms with Gasteiger partial charge in [-0.25, -0.2) is 9.97 Å². The van der Waals surface area contributed by atoms with Gasteiger partial charge in [-0.05, 0) is 25.0 Å². The summed E-state index contributed by atoms with van der Waals surface area (Å²) < 4.78 is 5.48. The molecule has 1 aliphatic rings. The van der Waals surface area contributed by atoms with E-state index < -0.39 is 0 Å². The molecule has 0 saturated carbocycles. The molecule has 0 N–H and O–H groups in total. The van der Waals surface area contributed by atoms with Crippen molar-refractivity contribution in [3.8, 4) is 0 Å². The average molecular weight is 397 g/mol. The number of amides is 1. The SMILES string of the molecule is Cc1nc(N2CCOCC2)c2c(C)c(C(=O)N(C)Cc3ccccc3)sc2n1. The predicted octanol–water partition coefficient (Wildman–Crippen LogP) is 3.42. The van der Waals surface area contributed by atoms with E-state index in [0.29, 0.717) is 19.8 Å². The molecule has 0 bridgehead atoms. The predicted molar refractivity (Wildman–Crippen MR) is 112 cm³/mol. The standard InChI is InChI=1S/C21H24N4O2S/c1-14-17-19(25-9-11-27-12-10-25)22-15(2)23-20(17)28-18(14)21(26)24(3)13-16-7-5-4-6-8-16/h4-8H,9-13H2,1-3H3. The van der Waals surface area contributed by atoms with Crippen molar-refractivity contribution in [3.05, 3.63) is 52.2 Å². The van der Waals surface area contributed by atoms with Crippen LogP contribution in [0.25, 0.3) is 10.2 Å². The molecule has 1 amide bonds. The highest BCUT2D eigenvalue weighted by Gasteiger charge is 2.25. The molecular formula is C21H24N4O2S. The van der Waals surface area contributed by atoms with Gasteiger partial charge in [-0.1, -0.05) is 30.3 Å². The maximum atomic E-state index is 13.2. The Morgan fingerprint density at radius 1 is 1.18 bits per heavy atom. The van der Waals surface area contributed by atoms with E-state index in [-0.39, 0.29) is 5.91 Å². The van der Waals surface area contributed by atoms with Crippen molar-refractivity contribution in [3.63, 3.8) is 0 Å². The number of hydrogen-bond acceptors (Lipinski definition) is 6. The summed E-state index contributed by atoms with van der Waals surface area (Å²) in [6, 6.07) is 10.0. The smallest absolute Gasteiger partial charge is 0.264 e. The number of aryl methyl sites for hydroxylation is 2. The van der Waals surface area contributed by atoms with Crippen LogP contribution in [0.2, 0.25) is 0 Å². The molecule has 1 saturated heterocycles. The molecule has 7 heteroatoms. The zero-order valence-electron chi connectivity index (χ0n) is 16.4. The van der Waals surface area contributed by atoms with Crippen LogP contribution in [-0.2, 0) is 11.3 Å². The Morgan fingerprint density at radius 2 is 1.89 bits per heavy atom. The molecule has 2 aromatic heterocycles. The third-order valence-corrected chi connectivity index (χ3v) is 6.17. The molecule has 0 radical (unpaired) electrons. The highest BCUT2D eigenvalue weighted by molar-refractivity contribution is 7.20.